The van der Waals surface area contributed by atoms with E-state index in [0.29, 0.717) is 30.8 Å². The van der Waals surface area contributed by atoms with Crippen LogP contribution in [0.1, 0.15) is 60.3 Å². The summed E-state index contributed by atoms with van der Waals surface area (Å²) < 4.78 is 61.8. The standard InChI is InChI=1S/C29H27F4N7O3/c1-2-43-20-11-15(28(42)37-22-12-17(9-10-35-22)29(31,32)33)4-7-19(20)24-25-26(34)36-13-21(30)40(25)27(38-24)16-3-5-18-6-8-23(41)39(18)14-16/h4,7,9-13,16,18H,2-3,5-6,8,14H2,1H3,(H2,34,36)(H,35,37,42)/t16-,18+/m1/s1. The molecule has 2 amide bonds. The number of fused-ring (bicyclic) bond motifs is 2. The van der Waals surface area contributed by atoms with Gasteiger partial charge in [-0.3, -0.25) is 14.0 Å². The molecule has 0 aliphatic carbocycles. The maximum absolute atomic E-state index is 15.3. The number of halogens is 4. The number of nitrogens with zero attached hydrogens (tertiary/aromatic N) is 5. The van der Waals surface area contributed by atoms with E-state index in [1.54, 1.807) is 13.0 Å². The van der Waals surface area contributed by atoms with E-state index in [-0.39, 0.29) is 58.6 Å². The molecule has 1 aromatic carbocycles. The van der Waals surface area contributed by atoms with Crippen LogP contribution >= 0.6 is 0 Å². The van der Waals surface area contributed by atoms with Crippen molar-refractivity contribution in [1.82, 2.24) is 24.3 Å². The topological polar surface area (TPSA) is 128 Å². The molecule has 2 saturated heterocycles. The molecule has 5 heterocycles. The molecular formula is C29H27F4N7O3. The molecule has 6 rings (SSSR count). The van der Waals surface area contributed by atoms with Gasteiger partial charge in [-0.05, 0) is 56.5 Å². The van der Waals surface area contributed by atoms with Gasteiger partial charge in [0, 0.05) is 42.2 Å². The highest BCUT2D eigenvalue weighted by Gasteiger charge is 2.39. The summed E-state index contributed by atoms with van der Waals surface area (Å²) in [7, 11) is 0. The first-order valence-electron chi connectivity index (χ1n) is 13.8. The van der Waals surface area contributed by atoms with Crippen molar-refractivity contribution in [2.24, 2.45) is 0 Å². The van der Waals surface area contributed by atoms with Gasteiger partial charge in [-0.2, -0.15) is 17.6 Å². The fraction of sp³-hybridized carbons (Fsp3) is 0.345. The van der Waals surface area contributed by atoms with Crippen molar-refractivity contribution >= 4 is 29.0 Å². The Labute approximate surface area is 242 Å². The van der Waals surface area contributed by atoms with Crippen molar-refractivity contribution in [2.75, 3.05) is 24.2 Å². The van der Waals surface area contributed by atoms with Crippen LogP contribution in [-0.2, 0) is 11.0 Å². The lowest BCUT2D eigenvalue weighted by Crippen LogP contribution is -2.41. The smallest absolute Gasteiger partial charge is 0.416 e. The minimum absolute atomic E-state index is 0.0287. The molecule has 2 fully saturated rings. The van der Waals surface area contributed by atoms with Crippen LogP contribution in [0.15, 0.2) is 42.7 Å². The Morgan fingerprint density at radius 2 is 1.98 bits per heavy atom. The Bertz CT molecular complexity index is 1740. The number of pyridine rings is 1. The van der Waals surface area contributed by atoms with Crippen molar-refractivity contribution in [3.8, 4) is 17.0 Å². The van der Waals surface area contributed by atoms with Crippen molar-refractivity contribution in [3.63, 3.8) is 0 Å². The monoisotopic (exact) mass is 597 g/mol. The average molecular weight is 598 g/mol. The lowest BCUT2D eigenvalue weighted by atomic mass is 9.92. The van der Waals surface area contributed by atoms with Gasteiger partial charge in [-0.25, -0.2) is 15.0 Å². The number of nitrogen functional groups attached to an aromatic ring is 1. The number of aromatic nitrogens is 4. The Morgan fingerprint density at radius 3 is 2.74 bits per heavy atom. The third-order valence-electron chi connectivity index (χ3n) is 7.88. The largest absolute Gasteiger partial charge is 0.493 e. The lowest BCUT2D eigenvalue weighted by Gasteiger charge is -2.34. The number of carbonyl (C=O) groups excluding carboxylic acids is 2. The summed E-state index contributed by atoms with van der Waals surface area (Å²) in [6.45, 7) is 2.35. The second kappa shape index (κ2) is 10.8. The Morgan fingerprint density at radius 1 is 1.16 bits per heavy atom. The molecule has 4 aromatic rings. The zero-order valence-corrected chi connectivity index (χ0v) is 23.0. The highest BCUT2D eigenvalue weighted by atomic mass is 19.4. The van der Waals surface area contributed by atoms with E-state index in [9.17, 15) is 22.8 Å². The van der Waals surface area contributed by atoms with Crippen LogP contribution in [0.3, 0.4) is 0 Å². The van der Waals surface area contributed by atoms with Crippen molar-refractivity contribution in [1.29, 1.82) is 0 Å². The maximum atomic E-state index is 15.3. The summed E-state index contributed by atoms with van der Waals surface area (Å²) in [6.07, 6.45) is 0.162. The fourth-order valence-electron chi connectivity index (χ4n) is 5.87. The average Bonchev–Trinajstić information content (AvgIpc) is 3.56. The van der Waals surface area contributed by atoms with Gasteiger partial charge in [0.2, 0.25) is 11.9 Å². The van der Waals surface area contributed by atoms with E-state index in [1.165, 1.54) is 16.5 Å². The maximum Gasteiger partial charge on any atom is 0.416 e. The number of anilines is 2. The van der Waals surface area contributed by atoms with E-state index in [4.69, 9.17) is 15.5 Å². The van der Waals surface area contributed by atoms with Crippen LogP contribution in [0.4, 0.5) is 29.2 Å². The van der Waals surface area contributed by atoms with Gasteiger partial charge in [-0.1, -0.05) is 0 Å². The molecular weight excluding hydrogens is 570 g/mol. The van der Waals surface area contributed by atoms with Gasteiger partial charge in [0.15, 0.2) is 0 Å². The molecule has 2 atom stereocenters. The van der Waals surface area contributed by atoms with Crippen LogP contribution in [0.25, 0.3) is 16.8 Å². The minimum atomic E-state index is -4.60. The predicted octanol–water partition coefficient (Wildman–Crippen LogP) is 5.05. The van der Waals surface area contributed by atoms with Crippen LogP contribution in [0, 0.1) is 5.95 Å². The second-order valence-corrected chi connectivity index (χ2v) is 10.5. The molecule has 0 saturated carbocycles. The van der Waals surface area contributed by atoms with Crippen LogP contribution < -0.4 is 15.8 Å². The summed E-state index contributed by atoms with van der Waals surface area (Å²) in [5.41, 5.74) is 6.29. The number of ether oxygens (including phenoxy) is 1. The Hall–Kier alpha value is -4.75. The third kappa shape index (κ3) is 5.21. The molecule has 3 aromatic heterocycles. The SMILES string of the molecule is CCOc1cc(C(=O)Nc2cc(C(F)(F)F)ccn2)ccc1-c1nc([C@@H]2CC[C@H]3CCC(=O)N3C2)n2c(F)cnc(N)c12. The molecule has 0 radical (unpaired) electrons. The number of imidazole rings is 1. The molecule has 0 spiro atoms. The van der Waals surface area contributed by atoms with Gasteiger partial charge in [0.1, 0.15) is 34.4 Å². The van der Waals surface area contributed by atoms with Crippen LogP contribution in [-0.4, -0.2) is 55.3 Å². The first-order chi connectivity index (χ1) is 20.5. The highest BCUT2D eigenvalue weighted by molar-refractivity contribution is 6.04. The number of rotatable bonds is 6. The summed E-state index contributed by atoms with van der Waals surface area (Å²) in [5, 5.41) is 2.38. The van der Waals surface area contributed by atoms with E-state index in [1.807, 2.05) is 4.90 Å². The number of hydrogen-bond donors (Lipinski definition) is 2. The minimum Gasteiger partial charge on any atom is -0.493 e. The predicted molar refractivity (Wildman–Crippen MR) is 148 cm³/mol. The fourth-order valence-corrected chi connectivity index (χ4v) is 5.87. The van der Waals surface area contributed by atoms with Gasteiger partial charge in [0.25, 0.3) is 5.91 Å². The summed E-state index contributed by atoms with van der Waals surface area (Å²) in [5.74, 6) is -1.19. The summed E-state index contributed by atoms with van der Waals surface area (Å²) in [6, 6.07) is 6.14. The van der Waals surface area contributed by atoms with Crippen molar-refractivity contribution in [3.05, 3.63) is 65.6 Å². The highest BCUT2D eigenvalue weighted by Crippen LogP contribution is 2.41. The van der Waals surface area contributed by atoms with Gasteiger partial charge < -0.3 is 20.7 Å². The lowest BCUT2D eigenvalue weighted by molar-refractivity contribution is -0.137. The number of alkyl halides is 3. The molecule has 43 heavy (non-hydrogen) atoms. The van der Waals surface area contributed by atoms with Gasteiger partial charge >= 0.3 is 6.18 Å². The molecule has 10 nitrogen and oxygen atoms in total. The van der Waals surface area contributed by atoms with Gasteiger partial charge in [0.05, 0.1) is 18.4 Å². The molecule has 2 aliphatic heterocycles. The number of piperidine rings is 1. The van der Waals surface area contributed by atoms with E-state index in [0.717, 1.165) is 37.4 Å². The molecule has 224 valence electrons. The Balaban J connectivity index is 1.38. The number of benzene rings is 1. The van der Waals surface area contributed by atoms with Crippen LogP contribution in [0.2, 0.25) is 0 Å². The van der Waals surface area contributed by atoms with E-state index < -0.39 is 23.6 Å². The third-order valence-corrected chi connectivity index (χ3v) is 7.88. The summed E-state index contributed by atoms with van der Waals surface area (Å²) in [4.78, 5) is 39.9. The zero-order valence-electron chi connectivity index (χ0n) is 23.0. The number of nitrogens with one attached hydrogen (secondary N) is 1. The summed E-state index contributed by atoms with van der Waals surface area (Å²) >= 11 is 0. The first-order valence-corrected chi connectivity index (χ1v) is 13.8. The second-order valence-electron chi connectivity index (χ2n) is 10.5. The molecule has 2 aliphatic rings. The molecule has 0 unspecified atom stereocenters. The molecule has 3 N–H and O–H groups in total. The number of amides is 2. The first kappa shape index (κ1) is 28.4. The van der Waals surface area contributed by atoms with E-state index in [2.05, 4.69) is 15.3 Å². The molecule has 14 heteroatoms. The van der Waals surface area contributed by atoms with Crippen LogP contribution in [0.5, 0.6) is 5.75 Å². The zero-order chi connectivity index (χ0) is 30.5. The van der Waals surface area contributed by atoms with E-state index >= 15 is 4.39 Å². The Kier molecular flexibility index (Phi) is 7.14. The van der Waals surface area contributed by atoms with Crippen molar-refractivity contribution in [2.45, 2.75) is 50.7 Å². The van der Waals surface area contributed by atoms with Crippen molar-refractivity contribution < 1.29 is 31.9 Å². The number of carbonyl (C=O) groups is 2. The number of hydrogen-bond acceptors (Lipinski definition) is 7. The quantitative estimate of drug-likeness (QED) is 0.298. The molecule has 0 bridgehead atoms. The van der Waals surface area contributed by atoms with Gasteiger partial charge in [-0.15, -0.1) is 0 Å². The normalized spacial score (nSPS) is 18.6. The number of nitrogens with two attached hydrogens (primary N) is 1.